The minimum atomic E-state index is 1.28. The maximum Gasteiger partial charge on any atom is 0.0328 e. The lowest BCUT2D eigenvalue weighted by Gasteiger charge is -2.08. The lowest BCUT2D eigenvalue weighted by molar-refractivity contribution is 0.785. The summed E-state index contributed by atoms with van der Waals surface area (Å²) >= 11 is 3.84. The van der Waals surface area contributed by atoms with E-state index < -0.39 is 0 Å². The van der Waals surface area contributed by atoms with Crippen molar-refractivity contribution >= 4 is 23.5 Å². The molecule has 0 nitrogen and oxygen atoms in total. The molecule has 0 aliphatic carbocycles. The third-order valence-electron chi connectivity index (χ3n) is 1.31. The molecule has 1 heterocycles. The summed E-state index contributed by atoms with van der Waals surface area (Å²) < 4.78 is 1.31. The fourth-order valence-electron chi connectivity index (χ4n) is 0.795. The van der Waals surface area contributed by atoms with Gasteiger partial charge in [0.1, 0.15) is 0 Å². The van der Waals surface area contributed by atoms with Crippen molar-refractivity contribution in [2.45, 2.75) is 19.3 Å². The van der Waals surface area contributed by atoms with E-state index in [1.165, 1.54) is 35.0 Å². The van der Waals surface area contributed by atoms with Crippen molar-refractivity contribution in [1.29, 1.82) is 0 Å². The lowest BCUT2D eigenvalue weighted by atomic mass is 10.3. The summed E-state index contributed by atoms with van der Waals surface area (Å²) in [6, 6.07) is 0. The van der Waals surface area contributed by atoms with E-state index >= 15 is 0 Å². The molecule has 0 radical (unpaired) electrons. The van der Waals surface area contributed by atoms with Crippen molar-refractivity contribution in [3.8, 4) is 0 Å². The molecule has 1 aliphatic heterocycles. The van der Waals surface area contributed by atoms with Crippen LogP contribution >= 0.6 is 23.5 Å². The predicted molar refractivity (Wildman–Crippen MR) is 47.9 cm³/mol. The van der Waals surface area contributed by atoms with Gasteiger partial charge in [-0.25, -0.2) is 0 Å². The Bertz CT molecular complexity index is 89.1. The first-order valence-electron chi connectivity index (χ1n) is 3.34. The van der Waals surface area contributed by atoms with E-state index in [1.54, 1.807) is 0 Å². The van der Waals surface area contributed by atoms with Crippen LogP contribution in [0.1, 0.15) is 19.3 Å². The quantitative estimate of drug-likeness (QED) is 0.534. The third kappa shape index (κ3) is 3.21. The van der Waals surface area contributed by atoms with Gasteiger partial charge in [-0.1, -0.05) is 13.0 Å². The summed E-state index contributed by atoms with van der Waals surface area (Å²) in [6.45, 7) is 3.94. The maximum absolute atomic E-state index is 3.94. The smallest absolute Gasteiger partial charge is 0.0328 e. The molecule has 9 heavy (non-hydrogen) atoms. The first-order chi connectivity index (χ1) is 4.39. The van der Waals surface area contributed by atoms with Crippen LogP contribution in [0.2, 0.25) is 0 Å². The molecule has 2 heteroatoms. The molecular formula is C7H12S2. The average molecular weight is 160 g/mol. The van der Waals surface area contributed by atoms with Gasteiger partial charge in [-0.3, -0.25) is 0 Å². The number of rotatable bonds is 0. The van der Waals surface area contributed by atoms with Gasteiger partial charge in [0.2, 0.25) is 0 Å². The van der Waals surface area contributed by atoms with Crippen molar-refractivity contribution in [2.24, 2.45) is 0 Å². The number of hydrogen-bond acceptors (Lipinski definition) is 2. The number of thioether (sulfide) groups is 2. The largest absolute Gasteiger partial charge is 0.120 e. The van der Waals surface area contributed by atoms with Crippen LogP contribution < -0.4 is 0 Å². The summed E-state index contributed by atoms with van der Waals surface area (Å²) in [5.41, 5.74) is 0. The fourth-order valence-corrected chi connectivity index (χ4v) is 2.78. The van der Waals surface area contributed by atoms with Gasteiger partial charge in [0.15, 0.2) is 0 Å². The van der Waals surface area contributed by atoms with Gasteiger partial charge in [-0.05, 0) is 24.3 Å². The Morgan fingerprint density at radius 2 is 1.56 bits per heavy atom. The van der Waals surface area contributed by atoms with Crippen LogP contribution in [0.5, 0.6) is 0 Å². The fraction of sp³-hybridized carbons (Fsp3) is 0.714. The van der Waals surface area contributed by atoms with Gasteiger partial charge in [0.05, 0.1) is 0 Å². The normalized spacial score (nSPS) is 22.9. The van der Waals surface area contributed by atoms with Crippen LogP contribution in [0, 0.1) is 0 Å². The van der Waals surface area contributed by atoms with Crippen LogP contribution in [-0.2, 0) is 0 Å². The molecule has 0 unspecified atom stereocenters. The van der Waals surface area contributed by atoms with E-state index in [0.29, 0.717) is 0 Å². The summed E-state index contributed by atoms with van der Waals surface area (Å²) in [6.07, 6.45) is 4.17. The summed E-state index contributed by atoms with van der Waals surface area (Å²) in [4.78, 5) is 0. The van der Waals surface area contributed by atoms with E-state index in [0.717, 1.165) is 0 Å². The molecular weight excluding hydrogens is 148 g/mol. The third-order valence-corrected chi connectivity index (χ3v) is 3.65. The van der Waals surface area contributed by atoms with Gasteiger partial charge >= 0.3 is 0 Å². The molecule has 1 aliphatic rings. The van der Waals surface area contributed by atoms with Gasteiger partial charge in [-0.15, -0.1) is 23.5 Å². The molecule has 0 saturated carbocycles. The van der Waals surface area contributed by atoms with Crippen LogP contribution in [0.15, 0.2) is 10.8 Å². The van der Waals surface area contributed by atoms with E-state index in [2.05, 4.69) is 6.58 Å². The molecule has 0 spiro atoms. The molecule has 0 atom stereocenters. The zero-order valence-corrected chi connectivity index (χ0v) is 7.19. The lowest BCUT2D eigenvalue weighted by Crippen LogP contribution is -1.88. The zero-order chi connectivity index (χ0) is 6.53. The minimum absolute atomic E-state index is 1.28. The molecule has 0 aromatic carbocycles. The first kappa shape index (κ1) is 7.55. The van der Waals surface area contributed by atoms with Crippen molar-refractivity contribution < 1.29 is 0 Å². The highest BCUT2D eigenvalue weighted by Gasteiger charge is 2.00. The Morgan fingerprint density at radius 1 is 1.00 bits per heavy atom. The van der Waals surface area contributed by atoms with E-state index in [-0.39, 0.29) is 0 Å². The Kier molecular flexibility index (Phi) is 3.59. The van der Waals surface area contributed by atoms with Gasteiger partial charge in [0, 0.05) is 4.24 Å². The van der Waals surface area contributed by atoms with Crippen LogP contribution in [0.25, 0.3) is 0 Å². The van der Waals surface area contributed by atoms with Crippen LogP contribution in [-0.4, -0.2) is 11.5 Å². The Hall–Kier alpha value is 0.440. The van der Waals surface area contributed by atoms with Gasteiger partial charge in [0.25, 0.3) is 0 Å². The molecule has 1 fully saturated rings. The minimum Gasteiger partial charge on any atom is -0.120 e. The summed E-state index contributed by atoms with van der Waals surface area (Å²) in [5.74, 6) is 2.57. The monoisotopic (exact) mass is 160 g/mol. The predicted octanol–water partition coefficient (Wildman–Crippen LogP) is 3.11. The zero-order valence-electron chi connectivity index (χ0n) is 5.56. The Labute approximate surface area is 65.5 Å². The van der Waals surface area contributed by atoms with E-state index in [4.69, 9.17) is 0 Å². The standard InChI is InChI=1S/C7H12S2/c1-7-8-5-3-2-4-6-9-7/h1-6H2. The van der Waals surface area contributed by atoms with Crippen molar-refractivity contribution in [3.05, 3.63) is 10.8 Å². The molecule has 0 amide bonds. The average Bonchev–Trinajstić information content (AvgIpc) is 1.79. The highest BCUT2D eigenvalue weighted by atomic mass is 32.2. The summed E-state index contributed by atoms with van der Waals surface area (Å²) in [7, 11) is 0. The topological polar surface area (TPSA) is 0 Å². The molecule has 0 bridgehead atoms. The summed E-state index contributed by atoms with van der Waals surface area (Å²) in [5, 5.41) is 0. The SMILES string of the molecule is C=C1SCCCCCS1. The second-order valence-electron chi connectivity index (χ2n) is 2.13. The molecule has 1 saturated heterocycles. The molecule has 0 aromatic rings. The molecule has 52 valence electrons. The number of hydrogen-bond donors (Lipinski definition) is 0. The second kappa shape index (κ2) is 4.29. The molecule has 1 rings (SSSR count). The highest BCUT2D eigenvalue weighted by molar-refractivity contribution is 8.22. The van der Waals surface area contributed by atoms with Crippen molar-refractivity contribution in [2.75, 3.05) is 11.5 Å². The highest BCUT2D eigenvalue weighted by Crippen LogP contribution is 2.30. The first-order valence-corrected chi connectivity index (χ1v) is 5.31. The van der Waals surface area contributed by atoms with Crippen molar-refractivity contribution in [1.82, 2.24) is 0 Å². The van der Waals surface area contributed by atoms with Gasteiger partial charge < -0.3 is 0 Å². The Balaban J connectivity index is 2.20. The van der Waals surface area contributed by atoms with Crippen LogP contribution in [0.3, 0.4) is 0 Å². The van der Waals surface area contributed by atoms with E-state index in [1.807, 2.05) is 23.5 Å². The van der Waals surface area contributed by atoms with Crippen molar-refractivity contribution in [3.63, 3.8) is 0 Å². The maximum atomic E-state index is 3.94. The molecule has 0 N–H and O–H groups in total. The molecule has 0 aromatic heterocycles. The second-order valence-corrected chi connectivity index (χ2v) is 4.77. The Morgan fingerprint density at radius 3 is 2.11 bits per heavy atom. The van der Waals surface area contributed by atoms with Gasteiger partial charge in [-0.2, -0.15) is 0 Å². The van der Waals surface area contributed by atoms with Crippen LogP contribution in [0.4, 0.5) is 0 Å². The van der Waals surface area contributed by atoms with E-state index in [9.17, 15) is 0 Å².